The summed E-state index contributed by atoms with van der Waals surface area (Å²) in [6, 6.07) is 6.59. The Labute approximate surface area is 103 Å². The molecule has 0 radical (unpaired) electrons. The molecule has 2 rings (SSSR count). The average Bonchev–Trinajstić information content (AvgIpc) is 2.30. The zero-order chi connectivity index (χ0) is 12.3. The molecule has 17 heavy (non-hydrogen) atoms. The van der Waals surface area contributed by atoms with Gasteiger partial charge < -0.3 is 10.6 Å². The summed E-state index contributed by atoms with van der Waals surface area (Å²) in [4.78, 5) is 11.6. The molecule has 0 bridgehead atoms. The molecular weight excluding hydrogens is 212 g/mol. The minimum atomic E-state index is 0.0981. The Morgan fingerprint density at radius 1 is 1.53 bits per heavy atom. The number of nitrogens with one attached hydrogen (secondary N) is 2. The fraction of sp³-hybridized carbons (Fsp3) is 0.500. The van der Waals surface area contributed by atoms with Crippen molar-refractivity contribution in [3.63, 3.8) is 0 Å². The molecule has 0 saturated heterocycles. The van der Waals surface area contributed by atoms with Crippen LogP contribution in [0.15, 0.2) is 18.2 Å². The van der Waals surface area contributed by atoms with E-state index in [9.17, 15) is 4.79 Å². The van der Waals surface area contributed by atoms with Crippen molar-refractivity contribution in [3.8, 4) is 0 Å². The van der Waals surface area contributed by atoms with Crippen molar-refractivity contribution < 1.29 is 4.79 Å². The number of benzene rings is 1. The Bertz CT molecular complexity index is 415. The molecule has 1 aliphatic rings. The fourth-order valence-corrected chi connectivity index (χ4v) is 2.21. The van der Waals surface area contributed by atoms with Gasteiger partial charge in [-0.05, 0) is 37.8 Å². The van der Waals surface area contributed by atoms with Crippen LogP contribution in [0.25, 0.3) is 0 Å². The van der Waals surface area contributed by atoms with Crippen LogP contribution in [0.5, 0.6) is 0 Å². The molecule has 0 saturated carbocycles. The zero-order valence-corrected chi connectivity index (χ0v) is 10.5. The van der Waals surface area contributed by atoms with E-state index in [1.54, 1.807) is 0 Å². The summed E-state index contributed by atoms with van der Waals surface area (Å²) in [6.45, 7) is 4.19. The maximum absolute atomic E-state index is 11.6. The molecule has 1 amide bonds. The third-order valence-electron chi connectivity index (χ3n) is 3.14. The van der Waals surface area contributed by atoms with Gasteiger partial charge in [0.2, 0.25) is 5.91 Å². The molecule has 3 heteroatoms. The molecular formula is C14H20N2O. The van der Waals surface area contributed by atoms with Gasteiger partial charge in [0.25, 0.3) is 0 Å². The third-order valence-corrected chi connectivity index (χ3v) is 3.14. The van der Waals surface area contributed by atoms with Crippen LogP contribution in [0.3, 0.4) is 0 Å². The van der Waals surface area contributed by atoms with E-state index in [1.165, 1.54) is 5.56 Å². The second kappa shape index (κ2) is 5.21. The maximum Gasteiger partial charge on any atom is 0.224 e. The van der Waals surface area contributed by atoms with Gasteiger partial charge in [-0.1, -0.05) is 19.1 Å². The molecule has 1 unspecified atom stereocenters. The van der Waals surface area contributed by atoms with E-state index in [0.29, 0.717) is 12.5 Å². The maximum atomic E-state index is 11.6. The average molecular weight is 232 g/mol. The number of carbonyl (C=O) groups excluding carboxylic acids is 1. The highest BCUT2D eigenvalue weighted by Crippen LogP contribution is 2.32. The van der Waals surface area contributed by atoms with Gasteiger partial charge >= 0.3 is 0 Å². The van der Waals surface area contributed by atoms with Crippen LogP contribution in [0.4, 0.5) is 11.4 Å². The van der Waals surface area contributed by atoms with Gasteiger partial charge in [0.1, 0.15) is 0 Å². The van der Waals surface area contributed by atoms with Crippen molar-refractivity contribution in [2.45, 2.75) is 45.6 Å². The number of hydrogen-bond acceptors (Lipinski definition) is 2. The molecule has 3 nitrogen and oxygen atoms in total. The minimum absolute atomic E-state index is 0.0981. The second-order valence-electron chi connectivity index (χ2n) is 4.72. The Kier molecular flexibility index (Phi) is 3.67. The van der Waals surface area contributed by atoms with E-state index in [-0.39, 0.29) is 5.91 Å². The lowest BCUT2D eigenvalue weighted by Crippen LogP contribution is -2.24. The first-order valence-corrected chi connectivity index (χ1v) is 6.39. The summed E-state index contributed by atoms with van der Waals surface area (Å²) in [6.07, 6.45) is 3.70. The molecule has 92 valence electrons. The molecule has 1 aromatic carbocycles. The number of fused-ring (bicyclic) bond motifs is 1. The van der Waals surface area contributed by atoms with Gasteiger partial charge in [-0.2, -0.15) is 0 Å². The number of para-hydroxylation sites is 1. The van der Waals surface area contributed by atoms with Crippen LogP contribution in [0.2, 0.25) is 0 Å². The SMILES string of the molecule is CCCC(=O)Nc1cccc2c1NC(C)CC2. The normalized spacial score (nSPS) is 18.1. The standard InChI is InChI=1S/C14H20N2O/c1-3-5-13(17)16-12-7-4-6-11-9-8-10(2)15-14(11)12/h4,6-7,10,15H,3,5,8-9H2,1-2H3,(H,16,17). The fourth-order valence-electron chi connectivity index (χ4n) is 2.21. The predicted octanol–water partition coefficient (Wildman–Crippen LogP) is 3.17. The summed E-state index contributed by atoms with van der Waals surface area (Å²) in [5.74, 6) is 0.0981. The smallest absolute Gasteiger partial charge is 0.224 e. The molecule has 1 atom stereocenters. The van der Waals surface area contributed by atoms with Gasteiger partial charge in [-0.25, -0.2) is 0 Å². The van der Waals surface area contributed by atoms with Gasteiger partial charge in [-0.3, -0.25) is 4.79 Å². The predicted molar refractivity (Wildman–Crippen MR) is 71.4 cm³/mol. The Morgan fingerprint density at radius 2 is 2.35 bits per heavy atom. The van der Waals surface area contributed by atoms with Crippen LogP contribution in [-0.2, 0) is 11.2 Å². The van der Waals surface area contributed by atoms with Gasteiger partial charge in [-0.15, -0.1) is 0 Å². The lowest BCUT2D eigenvalue weighted by atomic mass is 9.98. The molecule has 1 aromatic rings. The van der Waals surface area contributed by atoms with Crippen LogP contribution in [-0.4, -0.2) is 11.9 Å². The number of carbonyl (C=O) groups is 1. The summed E-state index contributed by atoms with van der Waals surface area (Å²) in [7, 11) is 0. The van der Waals surface area contributed by atoms with E-state index in [2.05, 4.69) is 23.6 Å². The molecule has 0 spiro atoms. The van der Waals surface area contributed by atoms with Crippen molar-refractivity contribution >= 4 is 17.3 Å². The second-order valence-corrected chi connectivity index (χ2v) is 4.72. The summed E-state index contributed by atoms with van der Waals surface area (Å²) >= 11 is 0. The largest absolute Gasteiger partial charge is 0.381 e. The monoisotopic (exact) mass is 232 g/mol. The highest BCUT2D eigenvalue weighted by Gasteiger charge is 2.17. The molecule has 0 aromatic heterocycles. The van der Waals surface area contributed by atoms with E-state index >= 15 is 0 Å². The van der Waals surface area contributed by atoms with Crippen molar-refractivity contribution in [1.29, 1.82) is 0 Å². The topological polar surface area (TPSA) is 41.1 Å². The molecule has 1 aliphatic heterocycles. The number of amides is 1. The zero-order valence-electron chi connectivity index (χ0n) is 10.5. The van der Waals surface area contributed by atoms with Crippen molar-refractivity contribution in [1.82, 2.24) is 0 Å². The molecule has 0 aliphatic carbocycles. The summed E-state index contributed by atoms with van der Waals surface area (Å²) < 4.78 is 0. The van der Waals surface area contributed by atoms with Gasteiger partial charge in [0.15, 0.2) is 0 Å². The molecule has 1 heterocycles. The lowest BCUT2D eigenvalue weighted by molar-refractivity contribution is -0.116. The first-order valence-electron chi connectivity index (χ1n) is 6.39. The van der Waals surface area contributed by atoms with E-state index in [4.69, 9.17) is 0 Å². The van der Waals surface area contributed by atoms with E-state index in [0.717, 1.165) is 30.6 Å². The van der Waals surface area contributed by atoms with Crippen LogP contribution in [0.1, 0.15) is 38.7 Å². The number of aryl methyl sites for hydroxylation is 1. The lowest BCUT2D eigenvalue weighted by Gasteiger charge is -2.26. The van der Waals surface area contributed by atoms with Crippen molar-refractivity contribution in [2.24, 2.45) is 0 Å². The Morgan fingerprint density at radius 3 is 3.12 bits per heavy atom. The van der Waals surface area contributed by atoms with Crippen LogP contribution < -0.4 is 10.6 Å². The van der Waals surface area contributed by atoms with E-state index < -0.39 is 0 Å². The first-order chi connectivity index (χ1) is 8.20. The number of rotatable bonds is 3. The Balaban J connectivity index is 2.20. The van der Waals surface area contributed by atoms with Crippen molar-refractivity contribution in [2.75, 3.05) is 10.6 Å². The highest BCUT2D eigenvalue weighted by atomic mass is 16.1. The van der Waals surface area contributed by atoms with E-state index in [1.807, 2.05) is 19.1 Å². The van der Waals surface area contributed by atoms with Crippen LogP contribution in [0, 0.1) is 0 Å². The number of hydrogen-bond donors (Lipinski definition) is 2. The van der Waals surface area contributed by atoms with Gasteiger partial charge in [0, 0.05) is 12.5 Å². The Hall–Kier alpha value is -1.51. The van der Waals surface area contributed by atoms with Gasteiger partial charge in [0.05, 0.1) is 11.4 Å². The highest BCUT2D eigenvalue weighted by molar-refractivity contribution is 5.94. The summed E-state index contributed by atoms with van der Waals surface area (Å²) in [5, 5.41) is 6.45. The van der Waals surface area contributed by atoms with Crippen molar-refractivity contribution in [3.05, 3.63) is 23.8 Å². The first kappa shape index (κ1) is 12.0. The molecule has 2 N–H and O–H groups in total. The molecule has 0 fully saturated rings. The third kappa shape index (κ3) is 2.78. The number of anilines is 2. The summed E-state index contributed by atoms with van der Waals surface area (Å²) in [5.41, 5.74) is 3.33. The quantitative estimate of drug-likeness (QED) is 0.840. The van der Waals surface area contributed by atoms with Crippen LogP contribution >= 0.6 is 0 Å². The minimum Gasteiger partial charge on any atom is -0.381 e.